The molecule has 3 nitrogen and oxygen atoms in total. The number of hydrogen-bond acceptors (Lipinski definition) is 2. The van der Waals surface area contributed by atoms with Crippen molar-refractivity contribution in [1.29, 1.82) is 0 Å². The average Bonchev–Trinajstić information content (AvgIpc) is 2.76. The van der Waals surface area contributed by atoms with Crippen LogP contribution in [0.4, 0.5) is 10.1 Å². The van der Waals surface area contributed by atoms with Crippen LogP contribution < -0.4 is 10.7 Å². The molecular formula is C13H14FN3S. The number of thiocarbonyl (C=S) groups is 1. The van der Waals surface area contributed by atoms with E-state index in [4.69, 9.17) is 12.2 Å². The summed E-state index contributed by atoms with van der Waals surface area (Å²) in [5.74, 6) is -0.342. The molecule has 1 aromatic carbocycles. The number of halogens is 1. The fraction of sp³-hybridized carbons (Fsp3) is 0.231. The van der Waals surface area contributed by atoms with Crippen LogP contribution >= 0.6 is 12.2 Å². The third-order valence-electron chi connectivity index (χ3n) is 2.61. The van der Waals surface area contributed by atoms with Crippen molar-refractivity contribution in [2.75, 3.05) is 5.32 Å². The molecular weight excluding hydrogens is 249 g/mol. The van der Waals surface area contributed by atoms with E-state index in [0.29, 0.717) is 5.69 Å². The Balaban J connectivity index is 1.92. The van der Waals surface area contributed by atoms with Crippen molar-refractivity contribution in [3.8, 4) is 0 Å². The van der Waals surface area contributed by atoms with Gasteiger partial charge in [-0.2, -0.15) is 5.10 Å². The minimum atomic E-state index is -0.342. The van der Waals surface area contributed by atoms with Gasteiger partial charge in [0.15, 0.2) is 5.11 Å². The van der Waals surface area contributed by atoms with Crippen molar-refractivity contribution in [1.82, 2.24) is 5.43 Å². The molecule has 1 aliphatic carbocycles. The normalized spacial score (nSPS) is 16.6. The maximum Gasteiger partial charge on any atom is 0.191 e. The molecule has 0 aliphatic heterocycles. The van der Waals surface area contributed by atoms with Gasteiger partial charge in [0.25, 0.3) is 0 Å². The molecule has 0 saturated carbocycles. The molecule has 0 fully saturated rings. The van der Waals surface area contributed by atoms with Crippen LogP contribution in [0.2, 0.25) is 0 Å². The Hall–Kier alpha value is -1.75. The molecule has 5 heteroatoms. The number of para-hydroxylation sites is 1. The molecule has 18 heavy (non-hydrogen) atoms. The van der Waals surface area contributed by atoms with Crippen molar-refractivity contribution in [2.24, 2.45) is 5.10 Å². The van der Waals surface area contributed by atoms with Gasteiger partial charge >= 0.3 is 0 Å². The minimum absolute atomic E-state index is 0.283. The third kappa shape index (κ3) is 3.37. The SMILES string of the molecule is CC1=C/C(=N\NC(=S)Nc2ccccc2F)CC1. The topological polar surface area (TPSA) is 36.4 Å². The predicted octanol–water partition coefficient (Wildman–Crippen LogP) is 3.21. The van der Waals surface area contributed by atoms with Gasteiger partial charge < -0.3 is 5.32 Å². The number of allylic oxidation sites excluding steroid dienone is 2. The van der Waals surface area contributed by atoms with Gasteiger partial charge in [-0.1, -0.05) is 17.7 Å². The number of nitrogens with zero attached hydrogens (tertiary/aromatic N) is 1. The first kappa shape index (κ1) is 12.7. The largest absolute Gasteiger partial charge is 0.329 e. The lowest BCUT2D eigenvalue weighted by Gasteiger charge is -2.07. The van der Waals surface area contributed by atoms with E-state index < -0.39 is 0 Å². The van der Waals surface area contributed by atoms with E-state index in [0.717, 1.165) is 18.6 Å². The first-order valence-electron chi connectivity index (χ1n) is 5.70. The van der Waals surface area contributed by atoms with Crippen LogP contribution in [0.3, 0.4) is 0 Å². The summed E-state index contributed by atoms with van der Waals surface area (Å²) < 4.78 is 13.3. The van der Waals surface area contributed by atoms with Crippen LogP contribution in [0.1, 0.15) is 19.8 Å². The highest BCUT2D eigenvalue weighted by Crippen LogP contribution is 2.14. The number of hydrazone groups is 1. The van der Waals surface area contributed by atoms with Crippen LogP contribution in [0, 0.1) is 5.82 Å². The first-order valence-corrected chi connectivity index (χ1v) is 6.11. The average molecular weight is 263 g/mol. The van der Waals surface area contributed by atoms with Crippen LogP contribution in [0.15, 0.2) is 41.0 Å². The van der Waals surface area contributed by atoms with Crippen molar-refractivity contribution in [3.63, 3.8) is 0 Å². The number of rotatable bonds is 2. The Morgan fingerprint density at radius 1 is 1.33 bits per heavy atom. The fourth-order valence-corrected chi connectivity index (χ4v) is 1.83. The maximum absolute atomic E-state index is 13.3. The summed E-state index contributed by atoms with van der Waals surface area (Å²) in [7, 11) is 0. The molecule has 0 aromatic heterocycles. The zero-order valence-electron chi connectivity index (χ0n) is 10.0. The zero-order chi connectivity index (χ0) is 13.0. The van der Waals surface area contributed by atoms with Gasteiger partial charge in [0.05, 0.1) is 11.4 Å². The van der Waals surface area contributed by atoms with E-state index in [1.165, 1.54) is 11.6 Å². The summed E-state index contributed by atoms with van der Waals surface area (Å²) >= 11 is 5.04. The molecule has 0 radical (unpaired) electrons. The highest BCUT2D eigenvalue weighted by atomic mass is 32.1. The van der Waals surface area contributed by atoms with E-state index in [1.807, 2.05) is 6.08 Å². The maximum atomic E-state index is 13.3. The Morgan fingerprint density at radius 2 is 2.11 bits per heavy atom. The van der Waals surface area contributed by atoms with E-state index in [9.17, 15) is 4.39 Å². The second-order valence-electron chi connectivity index (χ2n) is 4.14. The molecule has 1 aliphatic rings. The van der Waals surface area contributed by atoms with Gasteiger partial charge in [-0.15, -0.1) is 0 Å². The van der Waals surface area contributed by atoms with E-state index in [2.05, 4.69) is 22.8 Å². The number of benzene rings is 1. The molecule has 0 saturated heterocycles. The number of anilines is 1. The summed E-state index contributed by atoms with van der Waals surface area (Å²) in [5.41, 5.74) is 5.33. The summed E-state index contributed by atoms with van der Waals surface area (Å²) in [6.07, 6.45) is 3.98. The Labute approximate surface area is 111 Å². The van der Waals surface area contributed by atoms with Gasteiger partial charge in [0.1, 0.15) is 5.82 Å². The molecule has 0 atom stereocenters. The van der Waals surface area contributed by atoms with Crippen LogP contribution in [0.5, 0.6) is 0 Å². The highest BCUT2D eigenvalue weighted by molar-refractivity contribution is 7.80. The Bertz CT molecular complexity index is 523. The van der Waals surface area contributed by atoms with Gasteiger partial charge in [0.2, 0.25) is 0 Å². The van der Waals surface area contributed by atoms with Gasteiger partial charge in [-0.05, 0) is 50.2 Å². The van der Waals surface area contributed by atoms with Crippen LogP contribution in [0.25, 0.3) is 0 Å². The molecule has 0 unspecified atom stereocenters. The second kappa shape index (κ2) is 5.73. The molecule has 94 valence electrons. The lowest BCUT2D eigenvalue weighted by Crippen LogP contribution is -2.25. The summed E-state index contributed by atoms with van der Waals surface area (Å²) in [6, 6.07) is 6.36. The molecule has 2 rings (SSSR count). The van der Waals surface area contributed by atoms with E-state index in [-0.39, 0.29) is 10.9 Å². The summed E-state index contributed by atoms with van der Waals surface area (Å²) in [5, 5.41) is 7.21. The summed E-state index contributed by atoms with van der Waals surface area (Å²) in [6.45, 7) is 2.07. The van der Waals surface area contributed by atoms with Gasteiger partial charge in [0, 0.05) is 0 Å². The zero-order valence-corrected chi connectivity index (χ0v) is 10.9. The monoisotopic (exact) mass is 263 g/mol. The third-order valence-corrected chi connectivity index (χ3v) is 2.80. The Kier molecular flexibility index (Phi) is 4.04. The quantitative estimate of drug-likeness (QED) is 0.635. The van der Waals surface area contributed by atoms with E-state index >= 15 is 0 Å². The van der Waals surface area contributed by atoms with Crippen molar-refractivity contribution in [2.45, 2.75) is 19.8 Å². The van der Waals surface area contributed by atoms with Crippen molar-refractivity contribution in [3.05, 3.63) is 41.7 Å². The fourth-order valence-electron chi connectivity index (χ4n) is 1.68. The molecule has 0 heterocycles. The predicted molar refractivity (Wildman–Crippen MR) is 76.2 cm³/mol. The molecule has 0 amide bonds. The van der Waals surface area contributed by atoms with Crippen LogP contribution in [-0.4, -0.2) is 10.8 Å². The summed E-state index contributed by atoms with van der Waals surface area (Å²) in [4.78, 5) is 0. The molecule has 2 N–H and O–H groups in total. The number of hydrogen-bond donors (Lipinski definition) is 2. The Morgan fingerprint density at radius 3 is 2.78 bits per heavy atom. The molecule has 0 spiro atoms. The molecule has 0 bridgehead atoms. The van der Waals surface area contributed by atoms with Gasteiger partial charge in [-0.25, -0.2) is 4.39 Å². The molecule has 1 aromatic rings. The van der Waals surface area contributed by atoms with E-state index in [1.54, 1.807) is 18.2 Å². The van der Waals surface area contributed by atoms with Crippen LogP contribution in [-0.2, 0) is 0 Å². The minimum Gasteiger partial charge on any atom is -0.329 e. The second-order valence-corrected chi connectivity index (χ2v) is 4.55. The van der Waals surface area contributed by atoms with Gasteiger partial charge in [-0.3, -0.25) is 5.43 Å². The standard InChI is InChI=1S/C13H14FN3S/c1-9-6-7-10(8-9)16-17-13(18)15-12-5-3-2-4-11(12)14/h2-5,8H,6-7H2,1H3,(H2,15,17,18)/b16-10-. The lowest BCUT2D eigenvalue weighted by molar-refractivity contribution is 0.632. The highest BCUT2D eigenvalue weighted by Gasteiger charge is 2.07. The van der Waals surface area contributed by atoms with Crippen molar-refractivity contribution >= 4 is 28.7 Å². The first-order chi connectivity index (χ1) is 8.65. The van der Waals surface area contributed by atoms with Crippen molar-refractivity contribution < 1.29 is 4.39 Å². The number of nitrogens with one attached hydrogen (secondary N) is 2. The smallest absolute Gasteiger partial charge is 0.191 e. The lowest BCUT2D eigenvalue weighted by atomic mass is 10.3.